The van der Waals surface area contributed by atoms with Gasteiger partial charge in [0.05, 0.1) is 12.1 Å². The maximum atomic E-state index is 12.2. The molecule has 2 amide bonds. The Balaban J connectivity index is 1.84. The predicted octanol–water partition coefficient (Wildman–Crippen LogP) is 1.95. The number of aromatic nitrogens is 1. The number of carbonyl (C=O) groups is 3. The highest BCUT2D eigenvalue weighted by Gasteiger charge is 2.16. The first-order chi connectivity index (χ1) is 12.4. The zero-order chi connectivity index (χ0) is 19.1. The zero-order valence-corrected chi connectivity index (χ0v) is 15.0. The summed E-state index contributed by atoms with van der Waals surface area (Å²) in [4.78, 5) is 41.1. The van der Waals surface area contributed by atoms with Crippen LogP contribution in [0.1, 0.15) is 21.5 Å². The molecule has 7 heteroatoms. The minimum Gasteiger partial charge on any atom is -0.452 e. The predicted molar refractivity (Wildman–Crippen MR) is 96.7 cm³/mol. The van der Waals surface area contributed by atoms with Crippen LogP contribution in [0.3, 0.4) is 0 Å². The first kappa shape index (κ1) is 19.1. The van der Waals surface area contributed by atoms with Crippen LogP contribution in [-0.2, 0) is 14.3 Å². The van der Waals surface area contributed by atoms with E-state index in [-0.39, 0.29) is 12.5 Å². The molecule has 0 atom stereocenters. The van der Waals surface area contributed by atoms with Gasteiger partial charge in [0.2, 0.25) is 5.91 Å². The summed E-state index contributed by atoms with van der Waals surface area (Å²) in [5.41, 5.74) is 2.93. The minimum absolute atomic E-state index is 0.139. The third-order valence-electron chi connectivity index (χ3n) is 3.79. The first-order valence-corrected chi connectivity index (χ1v) is 8.05. The van der Waals surface area contributed by atoms with Crippen molar-refractivity contribution < 1.29 is 19.1 Å². The molecule has 0 aliphatic carbocycles. The number of nitrogens with one attached hydrogen (secondary N) is 1. The van der Waals surface area contributed by atoms with E-state index in [4.69, 9.17) is 4.74 Å². The highest BCUT2D eigenvalue weighted by atomic mass is 16.5. The van der Waals surface area contributed by atoms with Crippen LogP contribution in [-0.4, -0.2) is 47.9 Å². The number of anilines is 1. The molecule has 0 spiro atoms. The Labute approximate surface area is 152 Å². The molecule has 1 aromatic heterocycles. The van der Waals surface area contributed by atoms with Gasteiger partial charge in [-0.15, -0.1) is 0 Å². The van der Waals surface area contributed by atoms with Gasteiger partial charge in [-0.2, -0.15) is 0 Å². The van der Waals surface area contributed by atoms with Gasteiger partial charge < -0.3 is 15.0 Å². The lowest BCUT2D eigenvalue weighted by Crippen LogP contribution is -2.37. The SMILES string of the molecule is Cc1cccc(C)c1NC(=O)CN(C)C(=O)COC(=O)c1ccncc1. The quantitative estimate of drug-likeness (QED) is 0.800. The molecule has 1 N–H and O–H groups in total. The molecule has 0 saturated carbocycles. The first-order valence-electron chi connectivity index (χ1n) is 8.05. The van der Waals surface area contributed by atoms with Crippen LogP contribution in [0.4, 0.5) is 5.69 Å². The fourth-order valence-corrected chi connectivity index (χ4v) is 2.30. The third kappa shape index (κ3) is 5.14. The van der Waals surface area contributed by atoms with Gasteiger partial charge in [0.25, 0.3) is 5.91 Å². The Hall–Kier alpha value is -3.22. The number of rotatable bonds is 6. The van der Waals surface area contributed by atoms with E-state index in [1.807, 2.05) is 32.0 Å². The van der Waals surface area contributed by atoms with Crippen LogP contribution in [0.5, 0.6) is 0 Å². The van der Waals surface area contributed by atoms with Crippen LogP contribution in [0, 0.1) is 13.8 Å². The number of carbonyl (C=O) groups excluding carboxylic acids is 3. The Morgan fingerprint density at radius 3 is 2.31 bits per heavy atom. The van der Waals surface area contributed by atoms with E-state index in [1.165, 1.54) is 36.5 Å². The second-order valence-electron chi connectivity index (χ2n) is 5.88. The Bertz CT molecular complexity index is 785. The molecule has 0 saturated heterocycles. The average Bonchev–Trinajstić information content (AvgIpc) is 2.63. The second kappa shape index (κ2) is 8.75. The number of hydrogen-bond donors (Lipinski definition) is 1. The summed E-state index contributed by atoms with van der Waals surface area (Å²) in [5, 5.41) is 2.81. The van der Waals surface area contributed by atoms with E-state index in [2.05, 4.69) is 10.3 Å². The molecule has 0 radical (unpaired) electrons. The summed E-state index contributed by atoms with van der Waals surface area (Å²) in [6.07, 6.45) is 2.92. The second-order valence-corrected chi connectivity index (χ2v) is 5.88. The van der Waals surface area contributed by atoms with E-state index < -0.39 is 18.5 Å². The van der Waals surface area contributed by atoms with Gasteiger partial charge in [-0.25, -0.2) is 4.79 Å². The molecule has 26 heavy (non-hydrogen) atoms. The number of esters is 1. The van der Waals surface area contributed by atoms with Gasteiger partial charge in [0, 0.05) is 25.1 Å². The molecule has 2 aromatic rings. The van der Waals surface area contributed by atoms with Crippen molar-refractivity contribution in [2.75, 3.05) is 25.5 Å². The topological polar surface area (TPSA) is 88.6 Å². The third-order valence-corrected chi connectivity index (χ3v) is 3.79. The molecule has 0 bridgehead atoms. The van der Waals surface area contributed by atoms with Crippen LogP contribution in [0.15, 0.2) is 42.7 Å². The molecule has 7 nitrogen and oxygen atoms in total. The van der Waals surface area contributed by atoms with E-state index >= 15 is 0 Å². The molecular weight excluding hydrogens is 334 g/mol. The van der Waals surface area contributed by atoms with Crippen molar-refractivity contribution >= 4 is 23.5 Å². The van der Waals surface area contributed by atoms with E-state index in [0.29, 0.717) is 5.56 Å². The normalized spacial score (nSPS) is 10.1. The van der Waals surface area contributed by atoms with Gasteiger partial charge in [-0.1, -0.05) is 18.2 Å². The monoisotopic (exact) mass is 355 g/mol. The molecule has 1 aromatic carbocycles. The van der Waals surface area contributed by atoms with Crippen molar-refractivity contribution in [1.82, 2.24) is 9.88 Å². The van der Waals surface area contributed by atoms with Crippen molar-refractivity contribution in [1.29, 1.82) is 0 Å². The summed E-state index contributed by atoms with van der Waals surface area (Å²) in [6.45, 7) is 3.22. The van der Waals surface area contributed by atoms with Crippen molar-refractivity contribution in [2.45, 2.75) is 13.8 Å². The Kier molecular flexibility index (Phi) is 6.43. The number of aryl methyl sites for hydroxylation is 2. The van der Waals surface area contributed by atoms with Gasteiger partial charge in [0.15, 0.2) is 6.61 Å². The average molecular weight is 355 g/mol. The van der Waals surface area contributed by atoms with Gasteiger partial charge in [-0.05, 0) is 37.1 Å². The number of ether oxygens (including phenoxy) is 1. The van der Waals surface area contributed by atoms with Crippen LogP contribution < -0.4 is 5.32 Å². The summed E-state index contributed by atoms with van der Waals surface area (Å²) in [5.74, 6) is -1.41. The van der Waals surface area contributed by atoms with E-state index in [1.54, 1.807) is 0 Å². The van der Waals surface area contributed by atoms with Gasteiger partial charge in [0.1, 0.15) is 0 Å². The lowest BCUT2D eigenvalue weighted by molar-refractivity contribution is -0.136. The molecule has 0 aliphatic rings. The van der Waals surface area contributed by atoms with Crippen molar-refractivity contribution in [2.24, 2.45) is 0 Å². The highest BCUT2D eigenvalue weighted by molar-refractivity contribution is 5.96. The minimum atomic E-state index is -0.617. The maximum absolute atomic E-state index is 12.2. The molecule has 1 heterocycles. The van der Waals surface area contributed by atoms with Crippen LogP contribution in [0.25, 0.3) is 0 Å². The molecule has 0 aliphatic heterocycles. The highest BCUT2D eigenvalue weighted by Crippen LogP contribution is 2.19. The molecule has 0 fully saturated rings. The number of nitrogens with zero attached hydrogens (tertiary/aromatic N) is 2. The molecule has 0 unspecified atom stereocenters. The summed E-state index contributed by atoms with van der Waals surface area (Å²) < 4.78 is 4.96. The van der Waals surface area contributed by atoms with Gasteiger partial charge >= 0.3 is 5.97 Å². The number of hydrogen-bond acceptors (Lipinski definition) is 5. The molecule has 136 valence electrons. The van der Waals surface area contributed by atoms with E-state index in [9.17, 15) is 14.4 Å². The fourth-order valence-electron chi connectivity index (χ4n) is 2.30. The molecule has 2 rings (SSSR count). The van der Waals surface area contributed by atoms with Crippen molar-refractivity contribution in [3.63, 3.8) is 0 Å². The van der Waals surface area contributed by atoms with Crippen molar-refractivity contribution in [3.05, 3.63) is 59.4 Å². The number of likely N-dealkylation sites (N-methyl/N-ethyl adjacent to an activating group) is 1. The maximum Gasteiger partial charge on any atom is 0.338 e. The number of pyridine rings is 1. The summed E-state index contributed by atoms with van der Waals surface area (Å²) in [7, 11) is 1.48. The lowest BCUT2D eigenvalue weighted by Gasteiger charge is -2.18. The largest absolute Gasteiger partial charge is 0.452 e. The smallest absolute Gasteiger partial charge is 0.338 e. The fraction of sp³-hybridized carbons (Fsp3) is 0.263. The zero-order valence-electron chi connectivity index (χ0n) is 15.0. The van der Waals surface area contributed by atoms with Crippen LogP contribution in [0.2, 0.25) is 0 Å². The van der Waals surface area contributed by atoms with E-state index in [0.717, 1.165) is 16.8 Å². The number of amides is 2. The van der Waals surface area contributed by atoms with Gasteiger partial charge in [-0.3, -0.25) is 14.6 Å². The number of para-hydroxylation sites is 1. The van der Waals surface area contributed by atoms with Crippen LogP contribution >= 0.6 is 0 Å². The summed E-state index contributed by atoms with van der Waals surface area (Å²) in [6, 6.07) is 8.70. The Morgan fingerprint density at radius 1 is 1.08 bits per heavy atom. The Morgan fingerprint density at radius 2 is 1.69 bits per heavy atom. The summed E-state index contributed by atoms with van der Waals surface area (Å²) >= 11 is 0. The number of benzene rings is 1. The molecular formula is C19H21N3O4. The van der Waals surface area contributed by atoms with Crippen molar-refractivity contribution in [3.8, 4) is 0 Å². The lowest BCUT2D eigenvalue weighted by atomic mass is 10.1. The standard InChI is InChI=1S/C19H21N3O4/c1-13-5-4-6-14(2)18(13)21-16(23)11-22(3)17(24)12-26-19(25)15-7-9-20-10-8-15/h4-10H,11-12H2,1-3H3,(H,21,23).